The molecular weight excluding hydrogens is 360 g/mol. The Morgan fingerprint density at radius 3 is 2.69 bits per heavy atom. The van der Waals surface area contributed by atoms with E-state index < -0.39 is 0 Å². The number of hydrogen-bond donors (Lipinski definition) is 1. The summed E-state index contributed by atoms with van der Waals surface area (Å²) in [5.74, 6) is 0.0622. The highest BCUT2D eigenvalue weighted by Crippen LogP contribution is 2.41. The van der Waals surface area contributed by atoms with Crippen LogP contribution in [0.4, 0.5) is 5.69 Å². The number of piperidine rings is 1. The van der Waals surface area contributed by atoms with Crippen molar-refractivity contribution >= 4 is 11.6 Å². The van der Waals surface area contributed by atoms with Gasteiger partial charge >= 0.3 is 0 Å². The third kappa shape index (κ3) is 4.01. The third-order valence-electron chi connectivity index (χ3n) is 6.72. The minimum atomic E-state index is -0.142. The monoisotopic (exact) mass is 392 g/mol. The van der Waals surface area contributed by atoms with E-state index in [0.717, 1.165) is 42.3 Å². The predicted octanol–water partition coefficient (Wildman–Crippen LogP) is 4.64. The van der Waals surface area contributed by atoms with E-state index in [1.165, 1.54) is 25.7 Å². The van der Waals surface area contributed by atoms with E-state index in [2.05, 4.69) is 27.5 Å². The van der Waals surface area contributed by atoms with Gasteiger partial charge in [0.25, 0.3) is 0 Å². The van der Waals surface area contributed by atoms with Crippen LogP contribution in [0.2, 0.25) is 0 Å². The highest BCUT2D eigenvalue weighted by molar-refractivity contribution is 5.95. The molecule has 1 amide bonds. The highest BCUT2D eigenvalue weighted by Gasteiger charge is 2.38. The van der Waals surface area contributed by atoms with E-state index in [1.807, 2.05) is 55.8 Å². The van der Waals surface area contributed by atoms with Crippen LogP contribution in [0.15, 0.2) is 42.5 Å². The number of nitrogens with one attached hydrogen (secondary N) is 1. The summed E-state index contributed by atoms with van der Waals surface area (Å²) in [6.07, 6.45) is 10.7. The number of rotatable bonds is 4. The fourth-order valence-electron chi connectivity index (χ4n) is 4.93. The fraction of sp³-hybridized carbons (Fsp3) is 0.500. The average molecular weight is 393 g/mol. The van der Waals surface area contributed by atoms with Gasteiger partial charge in [0.1, 0.15) is 0 Å². The molecule has 1 N–H and O–H groups in total. The molecule has 1 aliphatic carbocycles. The molecule has 5 heteroatoms. The maximum Gasteiger partial charge on any atom is 0.241 e. The van der Waals surface area contributed by atoms with Crippen LogP contribution in [0.5, 0.6) is 0 Å². The number of anilines is 1. The molecule has 0 radical (unpaired) electrons. The summed E-state index contributed by atoms with van der Waals surface area (Å²) in [6, 6.07) is 9.90. The van der Waals surface area contributed by atoms with Gasteiger partial charge in [-0.15, -0.1) is 0 Å². The Morgan fingerprint density at radius 1 is 1.17 bits per heavy atom. The molecule has 4 rings (SSSR count). The van der Waals surface area contributed by atoms with Crippen molar-refractivity contribution in [3.05, 3.63) is 53.9 Å². The van der Waals surface area contributed by atoms with Crippen LogP contribution in [0.3, 0.4) is 0 Å². The molecule has 2 aromatic rings. The highest BCUT2D eigenvalue weighted by atomic mass is 16.2. The zero-order valence-electron chi connectivity index (χ0n) is 17.8. The minimum absolute atomic E-state index is 0.0622. The number of allylic oxidation sites excluding steroid dienone is 2. The standard InChI is InChI=1S/C24H32N4O/c1-18-22(19(2)28(26-18)21-11-6-4-7-12-21)25-23(29)20(3)27-16-10-15-24(17-27)13-8-5-9-14-24/h4-8,11-12,20H,9-10,13-17H2,1-3H3,(H,25,29)/t20-,24+/m0/s1. The normalized spacial score (nSPS) is 23.3. The van der Waals surface area contributed by atoms with E-state index in [1.54, 1.807) is 0 Å². The number of aromatic nitrogens is 2. The van der Waals surface area contributed by atoms with Gasteiger partial charge in [0.2, 0.25) is 5.91 Å². The molecule has 0 bridgehead atoms. The maximum atomic E-state index is 13.1. The Morgan fingerprint density at radius 2 is 1.97 bits per heavy atom. The first-order valence-corrected chi connectivity index (χ1v) is 10.8. The first-order valence-electron chi connectivity index (χ1n) is 10.8. The van der Waals surface area contributed by atoms with Gasteiger partial charge in [-0.3, -0.25) is 9.69 Å². The molecule has 2 heterocycles. The van der Waals surface area contributed by atoms with E-state index in [9.17, 15) is 4.79 Å². The van der Waals surface area contributed by atoms with E-state index in [0.29, 0.717) is 5.41 Å². The van der Waals surface area contributed by atoms with Crippen LogP contribution in [-0.4, -0.2) is 39.7 Å². The summed E-state index contributed by atoms with van der Waals surface area (Å²) in [5.41, 5.74) is 4.01. The molecule has 1 spiro atoms. The summed E-state index contributed by atoms with van der Waals surface area (Å²) in [7, 11) is 0. The van der Waals surface area contributed by atoms with Crippen LogP contribution >= 0.6 is 0 Å². The number of para-hydroxylation sites is 1. The molecule has 154 valence electrons. The van der Waals surface area contributed by atoms with Crippen molar-refractivity contribution in [2.24, 2.45) is 5.41 Å². The van der Waals surface area contributed by atoms with Crippen LogP contribution in [-0.2, 0) is 4.79 Å². The lowest BCUT2D eigenvalue weighted by atomic mass is 9.71. The van der Waals surface area contributed by atoms with Crippen molar-refractivity contribution in [2.45, 2.75) is 58.9 Å². The second-order valence-electron chi connectivity index (χ2n) is 8.75. The van der Waals surface area contributed by atoms with Gasteiger partial charge in [0.05, 0.1) is 28.8 Å². The SMILES string of the molecule is Cc1nn(-c2ccccc2)c(C)c1NC(=O)[C@H](C)N1CCC[C@]2(CC=CCC2)C1. The average Bonchev–Trinajstić information content (AvgIpc) is 3.02. The molecule has 1 aromatic carbocycles. The number of carbonyl (C=O) groups is 1. The number of amides is 1. The largest absolute Gasteiger partial charge is 0.322 e. The molecule has 2 atom stereocenters. The molecule has 0 unspecified atom stereocenters. The topological polar surface area (TPSA) is 50.2 Å². The van der Waals surface area contributed by atoms with Crippen molar-refractivity contribution in [3.8, 4) is 5.69 Å². The van der Waals surface area contributed by atoms with Crippen LogP contribution in [0, 0.1) is 19.3 Å². The molecular formula is C24H32N4O. The summed E-state index contributed by atoms with van der Waals surface area (Å²) >= 11 is 0. The van der Waals surface area contributed by atoms with Gasteiger partial charge in [0, 0.05) is 6.54 Å². The second-order valence-corrected chi connectivity index (χ2v) is 8.75. The Kier molecular flexibility index (Phi) is 5.59. The molecule has 1 aliphatic heterocycles. The lowest BCUT2D eigenvalue weighted by Gasteiger charge is -2.45. The second kappa shape index (κ2) is 8.15. The number of carbonyl (C=O) groups excluding carboxylic acids is 1. The van der Waals surface area contributed by atoms with E-state index in [-0.39, 0.29) is 11.9 Å². The van der Waals surface area contributed by atoms with Crippen molar-refractivity contribution in [3.63, 3.8) is 0 Å². The molecule has 0 saturated carbocycles. The zero-order chi connectivity index (χ0) is 20.4. The van der Waals surface area contributed by atoms with Gasteiger partial charge in [-0.25, -0.2) is 4.68 Å². The van der Waals surface area contributed by atoms with Crippen molar-refractivity contribution in [1.82, 2.24) is 14.7 Å². The number of hydrogen-bond acceptors (Lipinski definition) is 3. The zero-order valence-corrected chi connectivity index (χ0v) is 17.8. The fourth-order valence-corrected chi connectivity index (χ4v) is 4.93. The number of aryl methyl sites for hydroxylation is 1. The molecule has 1 aromatic heterocycles. The van der Waals surface area contributed by atoms with Crippen LogP contribution in [0.1, 0.15) is 50.4 Å². The number of nitrogens with zero attached hydrogens (tertiary/aromatic N) is 3. The van der Waals surface area contributed by atoms with E-state index in [4.69, 9.17) is 0 Å². The quantitative estimate of drug-likeness (QED) is 0.771. The Balaban J connectivity index is 1.48. The van der Waals surface area contributed by atoms with Gasteiger partial charge in [-0.05, 0) is 77.0 Å². The van der Waals surface area contributed by atoms with Crippen LogP contribution < -0.4 is 5.32 Å². The first-order chi connectivity index (χ1) is 14.0. The minimum Gasteiger partial charge on any atom is -0.322 e. The lowest BCUT2D eigenvalue weighted by Crippen LogP contribution is -2.51. The Bertz CT molecular complexity index is 901. The Hall–Kier alpha value is -2.40. The molecule has 1 fully saturated rings. The third-order valence-corrected chi connectivity index (χ3v) is 6.72. The molecule has 2 aliphatic rings. The summed E-state index contributed by atoms with van der Waals surface area (Å²) < 4.78 is 1.90. The van der Waals surface area contributed by atoms with Gasteiger partial charge in [-0.1, -0.05) is 30.4 Å². The Labute approximate surface area is 173 Å². The van der Waals surface area contributed by atoms with Crippen molar-refractivity contribution < 1.29 is 4.79 Å². The summed E-state index contributed by atoms with van der Waals surface area (Å²) in [6.45, 7) is 8.03. The molecule has 29 heavy (non-hydrogen) atoms. The van der Waals surface area contributed by atoms with Crippen molar-refractivity contribution in [1.29, 1.82) is 0 Å². The summed E-state index contributed by atoms with van der Waals surface area (Å²) in [4.78, 5) is 15.5. The smallest absolute Gasteiger partial charge is 0.241 e. The van der Waals surface area contributed by atoms with Crippen molar-refractivity contribution in [2.75, 3.05) is 18.4 Å². The van der Waals surface area contributed by atoms with Gasteiger partial charge < -0.3 is 5.32 Å². The molecule has 1 saturated heterocycles. The number of benzene rings is 1. The van der Waals surface area contributed by atoms with Gasteiger partial charge in [0.15, 0.2) is 0 Å². The lowest BCUT2D eigenvalue weighted by molar-refractivity contribution is -0.122. The van der Waals surface area contributed by atoms with Gasteiger partial charge in [-0.2, -0.15) is 5.10 Å². The predicted molar refractivity (Wildman–Crippen MR) is 117 cm³/mol. The first kappa shape index (κ1) is 19.9. The number of likely N-dealkylation sites (tertiary alicyclic amines) is 1. The summed E-state index contributed by atoms with van der Waals surface area (Å²) in [5, 5.41) is 7.83. The molecule has 5 nitrogen and oxygen atoms in total. The maximum absolute atomic E-state index is 13.1. The van der Waals surface area contributed by atoms with E-state index >= 15 is 0 Å². The van der Waals surface area contributed by atoms with Crippen LogP contribution in [0.25, 0.3) is 5.69 Å².